The van der Waals surface area contributed by atoms with Gasteiger partial charge >= 0.3 is 5.97 Å². The van der Waals surface area contributed by atoms with Gasteiger partial charge in [-0.2, -0.15) is 5.10 Å². The van der Waals surface area contributed by atoms with Gasteiger partial charge in [0.15, 0.2) is 0 Å². The predicted molar refractivity (Wildman–Crippen MR) is 87.1 cm³/mol. The Labute approximate surface area is 132 Å². The zero-order chi connectivity index (χ0) is 15.7. The van der Waals surface area contributed by atoms with Crippen molar-refractivity contribution < 1.29 is 9.90 Å². The third-order valence-corrected chi connectivity index (χ3v) is 3.92. The molecule has 112 valence electrons. The van der Waals surface area contributed by atoms with Crippen molar-refractivity contribution in [3.8, 4) is 11.3 Å². The first-order valence-electron chi connectivity index (χ1n) is 7.07. The molecule has 0 aliphatic heterocycles. The van der Waals surface area contributed by atoms with Gasteiger partial charge in [-0.05, 0) is 24.6 Å². The van der Waals surface area contributed by atoms with E-state index >= 15 is 0 Å². The molecule has 1 heterocycles. The Morgan fingerprint density at radius 1 is 1.27 bits per heavy atom. The molecule has 0 bridgehead atoms. The Balaban J connectivity index is 2.29. The second-order valence-electron chi connectivity index (χ2n) is 5.08. The van der Waals surface area contributed by atoms with E-state index in [1.807, 2.05) is 49.4 Å². The summed E-state index contributed by atoms with van der Waals surface area (Å²) >= 11 is 6.11. The molecular weight excluding hydrogens is 300 g/mol. The normalized spacial score (nSPS) is 12.5. The average Bonchev–Trinajstić information content (AvgIpc) is 2.87. The summed E-state index contributed by atoms with van der Waals surface area (Å²) in [4.78, 5) is 11.5. The van der Waals surface area contributed by atoms with Crippen LogP contribution in [0.15, 0.2) is 48.5 Å². The smallest absolute Gasteiger partial charge is 0.328 e. The van der Waals surface area contributed by atoms with Crippen LogP contribution in [0.25, 0.3) is 22.2 Å². The van der Waals surface area contributed by atoms with Gasteiger partial charge in [0.05, 0.1) is 5.52 Å². The van der Waals surface area contributed by atoms with Crippen LogP contribution < -0.4 is 0 Å². The van der Waals surface area contributed by atoms with Gasteiger partial charge < -0.3 is 5.11 Å². The Hall–Kier alpha value is -2.33. The van der Waals surface area contributed by atoms with Gasteiger partial charge in [-0.1, -0.05) is 48.9 Å². The predicted octanol–water partition coefficient (Wildman–Crippen LogP) is 4.39. The van der Waals surface area contributed by atoms with Gasteiger partial charge in [0.1, 0.15) is 11.7 Å². The van der Waals surface area contributed by atoms with Crippen LogP contribution in [0.1, 0.15) is 19.4 Å². The molecule has 22 heavy (non-hydrogen) atoms. The van der Waals surface area contributed by atoms with Crippen LogP contribution in [0.4, 0.5) is 0 Å². The van der Waals surface area contributed by atoms with E-state index in [0.29, 0.717) is 11.4 Å². The lowest BCUT2D eigenvalue weighted by Crippen LogP contribution is -2.19. The monoisotopic (exact) mass is 314 g/mol. The van der Waals surface area contributed by atoms with Crippen molar-refractivity contribution in [1.29, 1.82) is 0 Å². The molecule has 1 N–H and O–H groups in total. The van der Waals surface area contributed by atoms with Gasteiger partial charge in [0, 0.05) is 16.0 Å². The molecule has 1 atom stereocenters. The molecule has 0 fully saturated rings. The van der Waals surface area contributed by atoms with Gasteiger partial charge in [-0.3, -0.25) is 0 Å². The second kappa shape index (κ2) is 5.81. The van der Waals surface area contributed by atoms with Crippen LogP contribution in [-0.4, -0.2) is 20.9 Å². The Morgan fingerprint density at radius 2 is 2.00 bits per heavy atom. The molecule has 0 aliphatic carbocycles. The summed E-state index contributed by atoms with van der Waals surface area (Å²) in [5.74, 6) is -0.888. The summed E-state index contributed by atoms with van der Waals surface area (Å²) in [6, 6.07) is 14.4. The van der Waals surface area contributed by atoms with E-state index in [4.69, 9.17) is 11.6 Å². The number of carboxylic acids is 1. The lowest BCUT2D eigenvalue weighted by molar-refractivity contribution is -0.141. The van der Waals surface area contributed by atoms with E-state index in [2.05, 4.69) is 5.10 Å². The third kappa shape index (κ3) is 2.46. The van der Waals surface area contributed by atoms with Crippen LogP contribution in [0.3, 0.4) is 0 Å². The lowest BCUT2D eigenvalue weighted by atomic mass is 10.1. The number of rotatable bonds is 4. The van der Waals surface area contributed by atoms with Crippen molar-refractivity contribution in [2.24, 2.45) is 0 Å². The SMILES string of the molecule is CC[C@@H](C(=O)O)n1nc(-c2ccccc2)c2cc(Cl)ccc21. The topological polar surface area (TPSA) is 55.1 Å². The Kier molecular flexibility index (Phi) is 3.86. The number of carbonyl (C=O) groups is 1. The average molecular weight is 315 g/mol. The molecule has 0 aliphatic rings. The zero-order valence-electron chi connectivity index (χ0n) is 12.0. The number of hydrogen-bond donors (Lipinski definition) is 1. The van der Waals surface area contributed by atoms with Gasteiger partial charge in [-0.25, -0.2) is 9.48 Å². The van der Waals surface area contributed by atoms with Crippen molar-refractivity contribution in [3.63, 3.8) is 0 Å². The summed E-state index contributed by atoms with van der Waals surface area (Å²) in [6.07, 6.45) is 0.461. The summed E-state index contributed by atoms with van der Waals surface area (Å²) in [6.45, 7) is 1.84. The van der Waals surface area contributed by atoms with Crippen molar-refractivity contribution in [1.82, 2.24) is 9.78 Å². The van der Waals surface area contributed by atoms with Crippen molar-refractivity contribution in [2.45, 2.75) is 19.4 Å². The molecule has 0 radical (unpaired) electrons. The summed E-state index contributed by atoms with van der Waals surface area (Å²) < 4.78 is 1.58. The molecule has 0 saturated heterocycles. The van der Waals surface area contributed by atoms with Gasteiger partial charge in [0.2, 0.25) is 0 Å². The molecule has 2 aromatic carbocycles. The van der Waals surface area contributed by atoms with Crippen LogP contribution in [-0.2, 0) is 4.79 Å². The number of aliphatic carboxylic acids is 1. The van der Waals surface area contributed by atoms with E-state index < -0.39 is 12.0 Å². The minimum absolute atomic E-state index is 0.461. The molecule has 0 saturated carbocycles. The van der Waals surface area contributed by atoms with Crippen LogP contribution >= 0.6 is 11.6 Å². The van der Waals surface area contributed by atoms with E-state index in [1.54, 1.807) is 10.7 Å². The van der Waals surface area contributed by atoms with Crippen molar-refractivity contribution in [3.05, 3.63) is 53.6 Å². The number of benzene rings is 2. The van der Waals surface area contributed by atoms with Crippen LogP contribution in [0.2, 0.25) is 5.02 Å². The quantitative estimate of drug-likeness (QED) is 0.777. The summed E-state index contributed by atoms with van der Waals surface area (Å²) in [7, 11) is 0. The van der Waals surface area contributed by atoms with Crippen molar-refractivity contribution in [2.75, 3.05) is 0 Å². The van der Waals surface area contributed by atoms with E-state index in [-0.39, 0.29) is 0 Å². The second-order valence-corrected chi connectivity index (χ2v) is 5.52. The molecule has 5 heteroatoms. The molecular formula is C17H15ClN2O2. The molecule has 3 aromatic rings. The number of carboxylic acid groups (broad SMARTS) is 1. The molecule has 0 unspecified atom stereocenters. The Bertz CT molecular complexity index is 827. The summed E-state index contributed by atoms with van der Waals surface area (Å²) in [5, 5.41) is 15.5. The number of halogens is 1. The van der Waals surface area contributed by atoms with Crippen LogP contribution in [0.5, 0.6) is 0 Å². The minimum atomic E-state index is -0.888. The maximum absolute atomic E-state index is 11.5. The maximum atomic E-state index is 11.5. The fourth-order valence-electron chi connectivity index (χ4n) is 2.61. The molecule has 0 amide bonds. The highest BCUT2D eigenvalue weighted by Gasteiger charge is 2.23. The van der Waals surface area contributed by atoms with Crippen molar-refractivity contribution >= 4 is 28.5 Å². The van der Waals surface area contributed by atoms with E-state index in [0.717, 1.165) is 22.2 Å². The maximum Gasteiger partial charge on any atom is 0.328 e. The lowest BCUT2D eigenvalue weighted by Gasteiger charge is -2.11. The highest BCUT2D eigenvalue weighted by molar-refractivity contribution is 6.31. The number of hydrogen-bond acceptors (Lipinski definition) is 2. The largest absolute Gasteiger partial charge is 0.480 e. The standard InChI is InChI=1S/C17H15ClN2O2/c1-2-14(17(21)22)20-15-9-8-12(18)10-13(15)16(19-20)11-6-4-3-5-7-11/h3-10,14H,2H2,1H3,(H,21,22)/t14-/m0/s1. The van der Waals surface area contributed by atoms with Crippen LogP contribution in [0, 0.1) is 0 Å². The summed E-state index contributed by atoms with van der Waals surface area (Å²) in [5.41, 5.74) is 2.46. The number of aromatic nitrogens is 2. The van der Waals surface area contributed by atoms with Gasteiger partial charge in [-0.15, -0.1) is 0 Å². The van der Waals surface area contributed by atoms with E-state index in [9.17, 15) is 9.90 Å². The number of nitrogens with zero attached hydrogens (tertiary/aromatic N) is 2. The van der Waals surface area contributed by atoms with E-state index in [1.165, 1.54) is 0 Å². The molecule has 3 rings (SSSR count). The fraction of sp³-hybridized carbons (Fsp3) is 0.176. The number of fused-ring (bicyclic) bond motifs is 1. The third-order valence-electron chi connectivity index (χ3n) is 3.68. The molecule has 4 nitrogen and oxygen atoms in total. The minimum Gasteiger partial charge on any atom is -0.480 e. The molecule has 1 aromatic heterocycles. The van der Waals surface area contributed by atoms with Gasteiger partial charge in [0.25, 0.3) is 0 Å². The molecule has 0 spiro atoms. The fourth-order valence-corrected chi connectivity index (χ4v) is 2.78. The highest BCUT2D eigenvalue weighted by atomic mass is 35.5. The Morgan fingerprint density at radius 3 is 2.64 bits per heavy atom. The zero-order valence-corrected chi connectivity index (χ0v) is 12.8. The first-order chi connectivity index (χ1) is 10.6. The first kappa shape index (κ1) is 14.6. The highest BCUT2D eigenvalue weighted by Crippen LogP contribution is 2.32. The first-order valence-corrected chi connectivity index (χ1v) is 7.45.